The van der Waals surface area contributed by atoms with Crippen molar-refractivity contribution >= 4 is 7.82 Å². The quantitative estimate of drug-likeness (QED) is 0.0687. The molecular formula is C29H61NO5P+. The molecule has 0 amide bonds. The minimum Gasteiger partial charge on any atom is -0.381 e. The first-order valence-electron chi connectivity index (χ1n) is 15.4. The molecule has 2 atom stereocenters. The van der Waals surface area contributed by atoms with E-state index in [2.05, 4.69) is 14.0 Å². The van der Waals surface area contributed by atoms with Crippen molar-refractivity contribution in [3.8, 4) is 0 Å². The van der Waals surface area contributed by atoms with Gasteiger partial charge in [-0.05, 0) is 6.42 Å². The first-order valence-corrected chi connectivity index (χ1v) is 16.9. The number of nitrogens with zero attached hydrogens (tertiary/aromatic N) is 1. The molecule has 1 saturated heterocycles. The number of phosphoric ester groups is 1. The normalized spacial score (nSPS) is 17.9. The third kappa shape index (κ3) is 20.1. The number of ether oxygens (including phenoxy) is 1. The molecule has 0 aromatic rings. The van der Waals surface area contributed by atoms with E-state index < -0.39 is 7.82 Å². The standard InChI is InChI=1S/C29H60NO5P/c1-4-5-6-7-8-9-10-11-12-13-14-15-16-17-18-21-25-33-27-29(2)28-35-36(31,32)34-26-24-30(3)22-19-20-23-30/h29H,4-28H2,1-3H3/p+1/t29-/m0/s1. The van der Waals surface area contributed by atoms with Crippen molar-refractivity contribution in [3.05, 3.63) is 0 Å². The summed E-state index contributed by atoms with van der Waals surface area (Å²) in [6.45, 7) is 9.00. The Labute approximate surface area is 224 Å². The summed E-state index contributed by atoms with van der Waals surface area (Å²) in [6.07, 6.45) is 24.3. The van der Waals surface area contributed by atoms with Gasteiger partial charge >= 0.3 is 7.82 Å². The highest BCUT2D eigenvalue weighted by atomic mass is 31.2. The van der Waals surface area contributed by atoms with Crippen molar-refractivity contribution in [2.24, 2.45) is 5.92 Å². The van der Waals surface area contributed by atoms with Gasteiger partial charge in [-0.1, -0.05) is 110 Å². The van der Waals surface area contributed by atoms with Crippen LogP contribution in [0.1, 0.15) is 129 Å². The molecular weight excluding hydrogens is 473 g/mol. The van der Waals surface area contributed by atoms with Crippen molar-refractivity contribution in [1.82, 2.24) is 0 Å². The monoisotopic (exact) mass is 534 g/mol. The number of phosphoric acid groups is 1. The van der Waals surface area contributed by atoms with Gasteiger partial charge < -0.3 is 14.1 Å². The summed E-state index contributed by atoms with van der Waals surface area (Å²) in [5.74, 6) is 0.0678. The topological polar surface area (TPSA) is 65.0 Å². The van der Waals surface area contributed by atoms with Crippen molar-refractivity contribution in [3.63, 3.8) is 0 Å². The largest absolute Gasteiger partial charge is 0.472 e. The predicted molar refractivity (Wildman–Crippen MR) is 151 cm³/mol. The van der Waals surface area contributed by atoms with Gasteiger partial charge in [0.25, 0.3) is 0 Å². The molecule has 1 unspecified atom stereocenters. The Morgan fingerprint density at radius 3 is 1.69 bits per heavy atom. The first-order chi connectivity index (χ1) is 17.4. The predicted octanol–water partition coefficient (Wildman–Crippen LogP) is 8.27. The van der Waals surface area contributed by atoms with E-state index in [1.54, 1.807) is 0 Å². The van der Waals surface area contributed by atoms with Crippen LogP contribution in [0.25, 0.3) is 0 Å². The molecule has 0 radical (unpaired) electrons. The lowest BCUT2D eigenvalue weighted by Crippen LogP contribution is -2.43. The van der Waals surface area contributed by atoms with Gasteiger partial charge in [0, 0.05) is 25.4 Å². The molecule has 0 aliphatic carbocycles. The lowest BCUT2D eigenvalue weighted by atomic mass is 10.0. The van der Waals surface area contributed by atoms with Gasteiger partial charge in [0.1, 0.15) is 13.2 Å². The van der Waals surface area contributed by atoms with E-state index in [4.69, 9.17) is 13.8 Å². The van der Waals surface area contributed by atoms with Crippen LogP contribution in [0.5, 0.6) is 0 Å². The van der Waals surface area contributed by atoms with Crippen molar-refractivity contribution in [1.29, 1.82) is 0 Å². The number of hydrogen-bond donors (Lipinski definition) is 1. The molecule has 1 heterocycles. The maximum Gasteiger partial charge on any atom is 0.472 e. The van der Waals surface area contributed by atoms with Gasteiger partial charge in [-0.2, -0.15) is 0 Å². The van der Waals surface area contributed by atoms with Gasteiger partial charge in [0.2, 0.25) is 0 Å². The molecule has 1 rings (SSSR count). The molecule has 1 fully saturated rings. The molecule has 1 N–H and O–H groups in total. The van der Waals surface area contributed by atoms with Gasteiger partial charge in [-0.3, -0.25) is 9.05 Å². The second-order valence-corrected chi connectivity index (χ2v) is 13.0. The average Bonchev–Trinajstić information content (AvgIpc) is 3.28. The van der Waals surface area contributed by atoms with Gasteiger partial charge in [-0.25, -0.2) is 4.57 Å². The highest BCUT2D eigenvalue weighted by molar-refractivity contribution is 7.47. The number of quaternary nitrogens is 1. The van der Waals surface area contributed by atoms with E-state index in [-0.39, 0.29) is 19.1 Å². The van der Waals surface area contributed by atoms with Gasteiger partial charge in [0.05, 0.1) is 33.4 Å². The summed E-state index contributed by atoms with van der Waals surface area (Å²) in [5, 5.41) is 0. The second-order valence-electron chi connectivity index (χ2n) is 11.6. The fourth-order valence-electron chi connectivity index (χ4n) is 5.04. The van der Waals surface area contributed by atoms with Crippen LogP contribution >= 0.6 is 7.82 Å². The van der Waals surface area contributed by atoms with Crippen LogP contribution in [-0.2, 0) is 18.3 Å². The van der Waals surface area contributed by atoms with Crippen LogP contribution in [0.15, 0.2) is 0 Å². The molecule has 1 aliphatic rings. The van der Waals surface area contributed by atoms with Gasteiger partial charge in [-0.15, -0.1) is 0 Å². The zero-order chi connectivity index (χ0) is 26.4. The third-order valence-corrected chi connectivity index (χ3v) is 8.58. The summed E-state index contributed by atoms with van der Waals surface area (Å²) in [5.41, 5.74) is 0. The SMILES string of the molecule is CCCCCCCCCCCCCCCCCCOC[C@H](C)COP(=O)(O)OCC[N+]1(C)CCCC1. The van der Waals surface area contributed by atoms with Crippen LogP contribution in [-0.4, -0.2) is 62.5 Å². The fraction of sp³-hybridized carbons (Fsp3) is 1.00. The van der Waals surface area contributed by atoms with E-state index in [1.165, 1.54) is 109 Å². The Morgan fingerprint density at radius 1 is 0.722 bits per heavy atom. The smallest absolute Gasteiger partial charge is 0.381 e. The minimum atomic E-state index is -3.98. The van der Waals surface area contributed by atoms with Crippen LogP contribution in [0.4, 0.5) is 0 Å². The number of hydrogen-bond acceptors (Lipinski definition) is 4. The van der Waals surface area contributed by atoms with Crippen molar-refractivity contribution in [2.75, 3.05) is 53.1 Å². The van der Waals surface area contributed by atoms with Crippen LogP contribution in [0.3, 0.4) is 0 Å². The summed E-state index contributed by atoms with van der Waals surface area (Å²) in [4.78, 5) is 9.91. The van der Waals surface area contributed by atoms with Crippen LogP contribution in [0, 0.1) is 5.92 Å². The molecule has 0 aromatic carbocycles. The van der Waals surface area contributed by atoms with Crippen molar-refractivity contribution < 1.29 is 27.7 Å². The van der Waals surface area contributed by atoms with Gasteiger partial charge in [0.15, 0.2) is 0 Å². The first kappa shape index (κ1) is 34.1. The number of likely N-dealkylation sites (N-methyl/N-ethyl adjacent to an activating group) is 1. The Hall–Kier alpha value is 0.0300. The maximum atomic E-state index is 12.1. The maximum absolute atomic E-state index is 12.1. The molecule has 36 heavy (non-hydrogen) atoms. The molecule has 7 heteroatoms. The zero-order valence-corrected chi connectivity index (χ0v) is 25.1. The van der Waals surface area contributed by atoms with Crippen LogP contribution in [0.2, 0.25) is 0 Å². The number of rotatable bonds is 26. The second kappa shape index (κ2) is 21.9. The lowest BCUT2D eigenvalue weighted by Gasteiger charge is -2.29. The molecule has 6 nitrogen and oxygen atoms in total. The van der Waals surface area contributed by atoms with E-state index >= 15 is 0 Å². The molecule has 0 saturated carbocycles. The third-order valence-electron chi connectivity index (χ3n) is 7.60. The summed E-state index contributed by atoms with van der Waals surface area (Å²) < 4.78 is 29.1. The molecule has 1 aliphatic heterocycles. The van der Waals surface area contributed by atoms with E-state index in [1.807, 2.05) is 6.92 Å². The Bertz CT molecular complexity index is 542. The highest BCUT2D eigenvalue weighted by Crippen LogP contribution is 2.43. The van der Waals surface area contributed by atoms with E-state index in [0.29, 0.717) is 6.61 Å². The number of likely N-dealkylation sites (tertiary alicyclic amines) is 1. The summed E-state index contributed by atoms with van der Waals surface area (Å²) in [7, 11) is -1.80. The average molecular weight is 535 g/mol. The Morgan fingerprint density at radius 2 is 1.19 bits per heavy atom. The lowest BCUT2D eigenvalue weighted by molar-refractivity contribution is -0.897. The molecule has 0 spiro atoms. The number of unbranched alkanes of at least 4 members (excludes halogenated alkanes) is 15. The molecule has 0 bridgehead atoms. The summed E-state index contributed by atoms with van der Waals surface area (Å²) in [6, 6.07) is 0. The molecule has 216 valence electrons. The Balaban J connectivity index is 1.82. The van der Waals surface area contributed by atoms with Crippen molar-refractivity contribution in [2.45, 2.75) is 129 Å². The van der Waals surface area contributed by atoms with E-state index in [0.717, 1.165) is 37.1 Å². The highest BCUT2D eigenvalue weighted by Gasteiger charge is 2.29. The fourth-order valence-corrected chi connectivity index (χ4v) is 5.87. The van der Waals surface area contributed by atoms with E-state index in [9.17, 15) is 9.46 Å². The summed E-state index contributed by atoms with van der Waals surface area (Å²) >= 11 is 0. The Kier molecular flexibility index (Phi) is 20.7. The minimum absolute atomic E-state index is 0.0678. The zero-order valence-electron chi connectivity index (χ0n) is 24.2. The van der Waals surface area contributed by atoms with Crippen LogP contribution < -0.4 is 0 Å². The molecule has 0 aromatic heterocycles.